The van der Waals surface area contributed by atoms with Gasteiger partial charge in [0.05, 0.1) is 22.5 Å². The minimum absolute atomic E-state index is 0.135. The predicted molar refractivity (Wildman–Crippen MR) is 141 cm³/mol. The smallest absolute Gasteiger partial charge is 0.265 e. The second-order valence-corrected chi connectivity index (χ2v) is 9.70. The Kier molecular flexibility index (Phi) is 5.61. The number of hydrogen-bond acceptors (Lipinski definition) is 6. The molecule has 3 N–H and O–H groups in total. The topological polar surface area (TPSA) is 103 Å². The summed E-state index contributed by atoms with van der Waals surface area (Å²) in [5, 5.41) is 9.17. The average molecular weight is 497 g/mol. The van der Waals surface area contributed by atoms with E-state index < -0.39 is 6.04 Å². The number of fused-ring (bicyclic) bond motifs is 4. The summed E-state index contributed by atoms with van der Waals surface area (Å²) in [6.45, 7) is 0.835. The van der Waals surface area contributed by atoms with E-state index in [0.29, 0.717) is 24.4 Å². The maximum atomic E-state index is 13.8. The Bertz CT molecular complexity index is 1610. The Morgan fingerprint density at radius 2 is 1.94 bits per heavy atom. The van der Waals surface area contributed by atoms with Crippen LogP contribution in [0.2, 0.25) is 0 Å². The summed E-state index contributed by atoms with van der Waals surface area (Å²) in [6, 6.07) is 15.3. The van der Waals surface area contributed by atoms with Gasteiger partial charge >= 0.3 is 0 Å². The largest absolute Gasteiger partial charge is 0.381 e. The molecule has 0 unspecified atom stereocenters. The van der Waals surface area contributed by atoms with E-state index >= 15 is 0 Å². The molecule has 1 atom stereocenters. The molecule has 8 nitrogen and oxygen atoms in total. The first-order valence-corrected chi connectivity index (χ1v) is 12.6. The molecule has 0 saturated heterocycles. The highest BCUT2D eigenvalue weighted by Crippen LogP contribution is 2.32. The molecule has 0 aliphatic carbocycles. The zero-order valence-corrected chi connectivity index (χ0v) is 20.4. The van der Waals surface area contributed by atoms with Gasteiger partial charge < -0.3 is 20.5 Å². The van der Waals surface area contributed by atoms with Crippen LogP contribution >= 0.6 is 11.3 Å². The molecule has 0 spiro atoms. The van der Waals surface area contributed by atoms with E-state index in [1.807, 2.05) is 47.8 Å². The van der Waals surface area contributed by atoms with Gasteiger partial charge in [-0.3, -0.25) is 19.6 Å². The second-order valence-electron chi connectivity index (χ2n) is 8.78. The Morgan fingerprint density at radius 3 is 2.81 bits per heavy atom. The van der Waals surface area contributed by atoms with Crippen molar-refractivity contribution in [1.82, 2.24) is 25.2 Å². The molecule has 36 heavy (non-hydrogen) atoms. The lowest BCUT2D eigenvalue weighted by Gasteiger charge is -2.34. The van der Waals surface area contributed by atoms with Crippen molar-refractivity contribution in [2.75, 3.05) is 12.4 Å². The number of likely N-dealkylation sites (N-methyl/N-ethyl adjacent to an activating group) is 1. The molecule has 2 amide bonds. The van der Waals surface area contributed by atoms with Crippen LogP contribution in [0.3, 0.4) is 0 Å². The third-order valence-electron chi connectivity index (χ3n) is 6.71. The van der Waals surface area contributed by atoms with Crippen LogP contribution in [0.4, 0.5) is 5.69 Å². The van der Waals surface area contributed by atoms with Crippen molar-refractivity contribution in [3.63, 3.8) is 0 Å². The standard InChI is InChI=1S/C27H24N6O2S/c1-28-26(34)24-13-19-18-4-2-3-5-20(18)32-23(19)15-33(24)27(35)25-16(8-11-36-25)14-31-17-6-7-21-22(12-17)30-10-9-29-21/h2-12,24,31-32H,13-15H2,1H3,(H,28,34)/t24-/m1/s1. The molecule has 6 rings (SSSR count). The van der Waals surface area contributed by atoms with E-state index in [2.05, 4.69) is 31.7 Å². The number of aromatic nitrogens is 3. The lowest BCUT2D eigenvalue weighted by molar-refractivity contribution is -0.125. The van der Waals surface area contributed by atoms with Crippen LogP contribution in [-0.4, -0.2) is 44.8 Å². The highest BCUT2D eigenvalue weighted by Gasteiger charge is 2.37. The highest BCUT2D eigenvalue weighted by molar-refractivity contribution is 7.12. The van der Waals surface area contributed by atoms with E-state index in [4.69, 9.17) is 0 Å². The molecule has 2 aromatic carbocycles. The Balaban J connectivity index is 1.27. The fourth-order valence-corrected chi connectivity index (χ4v) is 5.76. The first-order valence-electron chi connectivity index (χ1n) is 11.7. The van der Waals surface area contributed by atoms with Gasteiger partial charge in [-0.2, -0.15) is 0 Å². The summed E-state index contributed by atoms with van der Waals surface area (Å²) < 4.78 is 0. The van der Waals surface area contributed by atoms with Gasteiger partial charge in [-0.05, 0) is 46.8 Å². The van der Waals surface area contributed by atoms with Gasteiger partial charge in [0.2, 0.25) is 5.91 Å². The number of para-hydroxylation sites is 1. The zero-order chi connectivity index (χ0) is 24.6. The molecule has 1 aliphatic rings. The summed E-state index contributed by atoms with van der Waals surface area (Å²) in [5.74, 6) is -0.295. The number of hydrogen-bond donors (Lipinski definition) is 3. The molecule has 9 heteroatoms. The summed E-state index contributed by atoms with van der Waals surface area (Å²) in [6.07, 6.45) is 3.81. The number of nitrogens with one attached hydrogen (secondary N) is 3. The van der Waals surface area contributed by atoms with Crippen molar-refractivity contribution in [2.24, 2.45) is 0 Å². The van der Waals surface area contributed by atoms with Gasteiger partial charge in [-0.15, -0.1) is 11.3 Å². The summed E-state index contributed by atoms with van der Waals surface area (Å²) >= 11 is 1.40. The van der Waals surface area contributed by atoms with Crippen molar-refractivity contribution >= 4 is 50.8 Å². The Hall–Kier alpha value is -4.24. The van der Waals surface area contributed by atoms with Gasteiger partial charge in [0.15, 0.2) is 0 Å². The van der Waals surface area contributed by atoms with Gasteiger partial charge in [0.25, 0.3) is 5.91 Å². The number of H-pyrrole nitrogens is 1. The number of amides is 2. The van der Waals surface area contributed by atoms with E-state index in [9.17, 15) is 9.59 Å². The molecule has 5 aromatic rings. The first kappa shape index (κ1) is 22.2. The van der Waals surface area contributed by atoms with Crippen molar-refractivity contribution in [3.8, 4) is 0 Å². The normalized spacial score (nSPS) is 15.1. The number of rotatable bonds is 5. The summed E-state index contributed by atoms with van der Waals surface area (Å²) in [5.41, 5.74) is 6.54. The van der Waals surface area contributed by atoms with Gasteiger partial charge in [-0.25, -0.2) is 0 Å². The molecule has 1 aliphatic heterocycles. The van der Waals surface area contributed by atoms with E-state index in [1.54, 1.807) is 24.3 Å². The molecule has 0 fully saturated rings. The van der Waals surface area contributed by atoms with Crippen molar-refractivity contribution in [1.29, 1.82) is 0 Å². The third kappa shape index (κ3) is 3.87. The maximum absolute atomic E-state index is 13.8. The van der Waals surface area contributed by atoms with Gasteiger partial charge in [0, 0.05) is 54.7 Å². The lowest BCUT2D eigenvalue weighted by atomic mass is 9.95. The van der Waals surface area contributed by atoms with E-state index in [1.165, 1.54) is 11.3 Å². The van der Waals surface area contributed by atoms with Crippen molar-refractivity contribution in [3.05, 3.63) is 88.0 Å². The predicted octanol–water partition coefficient (Wildman–Crippen LogP) is 4.10. The molecule has 0 radical (unpaired) electrons. The number of anilines is 1. The monoisotopic (exact) mass is 496 g/mol. The van der Waals surface area contributed by atoms with Crippen LogP contribution in [0.5, 0.6) is 0 Å². The molecule has 180 valence electrons. The number of nitrogens with zero attached hydrogens (tertiary/aromatic N) is 3. The third-order valence-corrected chi connectivity index (χ3v) is 7.65. The molecule has 0 bridgehead atoms. The maximum Gasteiger partial charge on any atom is 0.265 e. The molecule has 3 aromatic heterocycles. The molecule has 0 saturated carbocycles. The van der Waals surface area contributed by atoms with Crippen LogP contribution < -0.4 is 10.6 Å². The quantitative estimate of drug-likeness (QED) is 0.340. The van der Waals surface area contributed by atoms with Crippen molar-refractivity contribution < 1.29 is 9.59 Å². The van der Waals surface area contributed by atoms with Crippen LogP contribution in [0.15, 0.2) is 66.3 Å². The van der Waals surface area contributed by atoms with Crippen LogP contribution in [0, 0.1) is 0 Å². The number of carbonyl (C=O) groups is 2. The lowest BCUT2D eigenvalue weighted by Crippen LogP contribution is -2.51. The Morgan fingerprint density at radius 1 is 1.11 bits per heavy atom. The number of benzene rings is 2. The molecular formula is C27H24N6O2S. The van der Waals surface area contributed by atoms with Crippen molar-refractivity contribution in [2.45, 2.75) is 25.6 Å². The zero-order valence-electron chi connectivity index (χ0n) is 19.6. The molecular weight excluding hydrogens is 472 g/mol. The molecule has 4 heterocycles. The highest BCUT2D eigenvalue weighted by atomic mass is 32.1. The fraction of sp³-hybridized carbons (Fsp3) is 0.185. The van der Waals surface area contributed by atoms with Crippen LogP contribution in [-0.2, 0) is 24.3 Å². The average Bonchev–Trinajstić information content (AvgIpc) is 3.54. The fourth-order valence-electron chi connectivity index (χ4n) is 4.89. The summed E-state index contributed by atoms with van der Waals surface area (Å²) in [7, 11) is 1.62. The van der Waals surface area contributed by atoms with Crippen LogP contribution in [0.1, 0.15) is 26.5 Å². The van der Waals surface area contributed by atoms with E-state index in [-0.39, 0.29) is 11.8 Å². The number of thiophene rings is 1. The van der Waals surface area contributed by atoms with Crippen LogP contribution in [0.25, 0.3) is 21.9 Å². The minimum atomic E-state index is -0.573. The van der Waals surface area contributed by atoms with Gasteiger partial charge in [-0.1, -0.05) is 18.2 Å². The first-order chi connectivity index (χ1) is 17.6. The number of aromatic amines is 1. The Labute approximate surface area is 211 Å². The number of carbonyl (C=O) groups excluding carboxylic acids is 2. The van der Waals surface area contributed by atoms with Gasteiger partial charge in [0.1, 0.15) is 6.04 Å². The minimum Gasteiger partial charge on any atom is -0.381 e. The second kappa shape index (κ2) is 9.09. The SMILES string of the molecule is CNC(=O)[C@H]1Cc2c([nH]c3ccccc23)CN1C(=O)c1sccc1CNc1ccc2nccnc2c1. The van der Waals surface area contributed by atoms with E-state index in [0.717, 1.165) is 44.4 Å². The summed E-state index contributed by atoms with van der Waals surface area (Å²) in [4.78, 5) is 41.2.